The van der Waals surface area contributed by atoms with Crippen molar-refractivity contribution in [2.45, 2.75) is 0 Å². The van der Waals surface area contributed by atoms with Gasteiger partial charge in [0.15, 0.2) is 0 Å². The third kappa shape index (κ3) is 4.02. The summed E-state index contributed by atoms with van der Waals surface area (Å²) in [5.74, 6) is 0. The van der Waals surface area contributed by atoms with Crippen molar-refractivity contribution >= 4 is 43.4 Å². The van der Waals surface area contributed by atoms with Crippen molar-refractivity contribution in [2.75, 3.05) is 0 Å². The second kappa shape index (κ2) is 10.4. The predicted molar refractivity (Wildman–Crippen MR) is 192 cm³/mol. The summed E-state index contributed by atoms with van der Waals surface area (Å²) in [6.45, 7) is 0. The highest BCUT2D eigenvalue weighted by Crippen LogP contribution is 2.47. The van der Waals surface area contributed by atoms with Gasteiger partial charge in [-0.05, 0) is 85.3 Å². The van der Waals surface area contributed by atoms with Crippen LogP contribution >= 0.6 is 0 Å². The molecule has 9 rings (SSSR count). The molecule has 0 amide bonds. The molecule has 1 aromatic heterocycles. The Labute approximate surface area is 262 Å². The largest absolute Gasteiger partial charge is 0.309 e. The summed E-state index contributed by atoms with van der Waals surface area (Å²) in [6, 6.07) is 63.9. The van der Waals surface area contributed by atoms with Gasteiger partial charge in [0.2, 0.25) is 0 Å². The van der Waals surface area contributed by atoms with Crippen LogP contribution in [-0.2, 0) is 0 Å². The van der Waals surface area contributed by atoms with Gasteiger partial charge < -0.3 is 4.57 Å². The maximum atomic E-state index is 2.40. The molecule has 0 N–H and O–H groups in total. The number of benzene rings is 8. The molecule has 0 saturated carbocycles. The monoisotopic (exact) mass is 571 g/mol. The first-order valence-corrected chi connectivity index (χ1v) is 15.5. The normalized spacial score (nSPS) is 11.6. The fourth-order valence-corrected chi connectivity index (χ4v) is 7.30. The molecular weight excluding hydrogens is 542 g/mol. The zero-order valence-electron chi connectivity index (χ0n) is 24.7. The minimum absolute atomic E-state index is 1.17. The molecule has 0 radical (unpaired) electrons. The van der Waals surface area contributed by atoms with E-state index >= 15 is 0 Å². The Morgan fingerprint density at radius 3 is 1.49 bits per heavy atom. The third-order valence-electron chi connectivity index (χ3n) is 9.17. The fourth-order valence-electron chi connectivity index (χ4n) is 7.30. The van der Waals surface area contributed by atoms with Gasteiger partial charge in [-0.2, -0.15) is 0 Å². The highest BCUT2D eigenvalue weighted by molar-refractivity contribution is 6.26. The first-order chi connectivity index (χ1) is 22.4. The molecule has 0 fully saturated rings. The van der Waals surface area contributed by atoms with Crippen LogP contribution in [0.15, 0.2) is 176 Å². The molecule has 9 aromatic rings. The van der Waals surface area contributed by atoms with Crippen LogP contribution < -0.4 is 0 Å². The third-order valence-corrected chi connectivity index (χ3v) is 9.17. The van der Waals surface area contributed by atoms with Crippen LogP contribution in [0.5, 0.6) is 0 Å². The number of nitrogens with zero attached hydrogens (tertiary/aromatic N) is 1. The molecule has 1 nitrogen and oxygen atoms in total. The minimum atomic E-state index is 1.17. The molecule has 0 bridgehead atoms. The summed E-state index contributed by atoms with van der Waals surface area (Å²) in [6.07, 6.45) is 0. The Hall–Kier alpha value is -5.92. The number of aromatic nitrogens is 1. The first kappa shape index (κ1) is 25.6. The summed E-state index contributed by atoms with van der Waals surface area (Å²) in [5, 5.41) is 7.60. The van der Waals surface area contributed by atoms with Crippen molar-refractivity contribution in [2.24, 2.45) is 0 Å². The molecule has 0 saturated heterocycles. The molecule has 8 aromatic carbocycles. The van der Waals surface area contributed by atoms with E-state index in [1.54, 1.807) is 0 Å². The fraction of sp³-hybridized carbons (Fsp3) is 0. The van der Waals surface area contributed by atoms with Crippen LogP contribution in [0.2, 0.25) is 0 Å². The second-order valence-electron chi connectivity index (χ2n) is 11.7. The van der Waals surface area contributed by atoms with Gasteiger partial charge in [0.05, 0.1) is 11.0 Å². The van der Waals surface area contributed by atoms with E-state index < -0.39 is 0 Å². The predicted octanol–water partition coefficient (Wildman–Crippen LogP) is 12.1. The van der Waals surface area contributed by atoms with Crippen molar-refractivity contribution in [3.05, 3.63) is 176 Å². The molecule has 0 aliphatic carbocycles. The van der Waals surface area contributed by atoms with E-state index in [9.17, 15) is 0 Å². The molecule has 45 heavy (non-hydrogen) atoms. The van der Waals surface area contributed by atoms with E-state index in [1.165, 1.54) is 82.4 Å². The van der Waals surface area contributed by atoms with Crippen molar-refractivity contribution in [1.29, 1.82) is 0 Å². The maximum absolute atomic E-state index is 2.40. The summed E-state index contributed by atoms with van der Waals surface area (Å²) in [7, 11) is 0. The Morgan fingerprint density at radius 2 is 0.800 bits per heavy atom. The van der Waals surface area contributed by atoms with Crippen LogP contribution in [0.25, 0.3) is 82.4 Å². The van der Waals surface area contributed by atoms with Gasteiger partial charge in [-0.1, -0.05) is 146 Å². The number of rotatable bonds is 4. The smallest absolute Gasteiger partial charge is 0.0547 e. The summed E-state index contributed by atoms with van der Waals surface area (Å²) in [5.41, 5.74) is 11.1. The minimum Gasteiger partial charge on any atom is -0.309 e. The van der Waals surface area contributed by atoms with Crippen molar-refractivity contribution < 1.29 is 0 Å². The number of hydrogen-bond acceptors (Lipinski definition) is 0. The lowest BCUT2D eigenvalue weighted by molar-refractivity contribution is 1.18. The maximum Gasteiger partial charge on any atom is 0.0547 e. The summed E-state index contributed by atoms with van der Waals surface area (Å²) in [4.78, 5) is 0. The molecule has 0 atom stereocenters. The Bertz CT molecular complexity index is 2460. The van der Waals surface area contributed by atoms with Gasteiger partial charge >= 0.3 is 0 Å². The van der Waals surface area contributed by atoms with Crippen molar-refractivity contribution in [3.8, 4) is 39.1 Å². The highest BCUT2D eigenvalue weighted by atomic mass is 15.0. The summed E-state index contributed by atoms with van der Waals surface area (Å²) >= 11 is 0. The molecule has 0 unspecified atom stereocenters. The lowest BCUT2D eigenvalue weighted by Gasteiger charge is -2.19. The lowest BCUT2D eigenvalue weighted by atomic mass is 9.84. The van der Waals surface area contributed by atoms with E-state index in [1.807, 2.05) is 0 Å². The number of fused-ring (bicyclic) bond motifs is 5. The number of hydrogen-bond donors (Lipinski definition) is 0. The zero-order valence-corrected chi connectivity index (χ0v) is 24.7. The number of para-hydroxylation sites is 2. The SMILES string of the molecule is c1ccc(-c2cccc(-c3c4ccccc4c(-c4cccc5c4c4ccccc4n5-c4ccccc4)c4ccccc34)c2)cc1. The van der Waals surface area contributed by atoms with Gasteiger partial charge in [0.25, 0.3) is 0 Å². The van der Waals surface area contributed by atoms with Crippen molar-refractivity contribution in [3.63, 3.8) is 0 Å². The average molecular weight is 572 g/mol. The molecule has 1 heterocycles. The zero-order chi connectivity index (χ0) is 29.7. The van der Waals surface area contributed by atoms with Crippen LogP contribution in [-0.4, -0.2) is 4.57 Å². The van der Waals surface area contributed by atoms with Gasteiger partial charge in [-0.15, -0.1) is 0 Å². The van der Waals surface area contributed by atoms with Crippen molar-refractivity contribution in [1.82, 2.24) is 4.57 Å². The highest BCUT2D eigenvalue weighted by Gasteiger charge is 2.21. The van der Waals surface area contributed by atoms with E-state index in [-0.39, 0.29) is 0 Å². The van der Waals surface area contributed by atoms with E-state index in [4.69, 9.17) is 0 Å². The molecule has 0 aliphatic heterocycles. The molecule has 1 heteroatoms. The Balaban J connectivity index is 1.39. The molecule has 210 valence electrons. The second-order valence-corrected chi connectivity index (χ2v) is 11.7. The van der Waals surface area contributed by atoms with Crippen LogP contribution in [0.4, 0.5) is 0 Å². The average Bonchev–Trinajstić information content (AvgIpc) is 3.46. The molecule has 0 aliphatic rings. The first-order valence-electron chi connectivity index (χ1n) is 15.5. The summed E-state index contributed by atoms with van der Waals surface area (Å²) < 4.78 is 2.40. The quantitative estimate of drug-likeness (QED) is 0.185. The topological polar surface area (TPSA) is 4.93 Å². The van der Waals surface area contributed by atoms with Gasteiger partial charge in [-0.3, -0.25) is 0 Å². The standard InChI is InChI=1S/C44H29N/c1-3-15-30(16-4-1)31-17-13-18-32(29-31)42-34-21-7-9-23-36(34)43(37-24-10-8-22-35(37)42)39-26-14-28-41-44(39)38-25-11-12-27-40(38)45(41)33-19-5-2-6-20-33/h1-29H. The Morgan fingerprint density at radius 1 is 0.311 bits per heavy atom. The Kier molecular flexibility index (Phi) is 5.89. The molecular formula is C44H29N. The van der Waals surface area contributed by atoms with Gasteiger partial charge in [0.1, 0.15) is 0 Å². The van der Waals surface area contributed by atoms with Crippen LogP contribution in [0, 0.1) is 0 Å². The van der Waals surface area contributed by atoms with E-state index in [0.717, 1.165) is 0 Å². The molecule has 0 spiro atoms. The van der Waals surface area contributed by atoms with Gasteiger partial charge in [0, 0.05) is 16.5 Å². The lowest BCUT2D eigenvalue weighted by Crippen LogP contribution is -1.94. The van der Waals surface area contributed by atoms with Crippen LogP contribution in [0.3, 0.4) is 0 Å². The van der Waals surface area contributed by atoms with E-state index in [2.05, 4.69) is 180 Å². The van der Waals surface area contributed by atoms with Gasteiger partial charge in [-0.25, -0.2) is 0 Å². The van der Waals surface area contributed by atoms with E-state index in [0.29, 0.717) is 0 Å². The van der Waals surface area contributed by atoms with Crippen LogP contribution in [0.1, 0.15) is 0 Å².